The lowest BCUT2D eigenvalue weighted by Gasteiger charge is -2.18. The van der Waals surface area contributed by atoms with E-state index in [4.69, 9.17) is 0 Å². The van der Waals surface area contributed by atoms with Crippen LogP contribution in [-0.4, -0.2) is 31.8 Å². The molecule has 0 aromatic heterocycles. The minimum atomic E-state index is -0.523. The SMILES string of the molecule is CN(C)c1ccc(/C=C(\NC(=O)c2ccccc2)C(=O)Nc2ccc(SC(C(=O)Nc3ccccc3Br)c3ccccc3)cc2)cc1. The second kappa shape index (κ2) is 15.9. The summed E-state index contributed by atoms with van der Waals surface area (Å²) < 4.78 is 0.796. The number of rotatable bonds is 11. The lowest BCUT2D eigenvalue weighted by molar-refractivity contribution is -0.116. The molecule has 0 bridgehead atoms. The van der Waals surface area contributed by atoms with Gasteiger partial charge in [0, 0.05) is 40.4 Å². The van der Waals surface area contributed by atoms with Gasteiger partial charge in [-0.25, -0.2) is 0 Å². The molecule has 236 valence electrons. The fourth-order valence-corrected chi connectivity index (χ4v) is 6.00. The summed E-state index contributed by atoms with van der Waals surface area (Å²) in [6, 6.07) is 40.7. The monoisotopic (exact) mass is 704 g/mol. The summed E-state index contributed by atoms with van der Waals surface area (Å²) >= 11 is 4.91. The van der Waals surface area contributed by atoms with Crippen molar-refractivity contribution < 1.29 is 14.4 Å². The van der Waals surface area contributed by atoms with Crippen molar-refractivity contribution in [1.82, 2.24) is 5.32 Å². The molecule has 0 saturated heterocycles. The molecule has 5 rings (SSSR count). The normalized spacial score (nSPS) is 11.7. The van der Waals surface area contributed by atoms with Gasteiger partial charge in [-0.05, 0) is 93.8 Å². The maximum absolute atomic E-state index is 13.5. The number of hydrogen-bond donors (Lipinski definition) is 3. The Balaban J connectivity index is 1.33. The highest BCUT2D eigenvalue weighted by atomic mass is 79.9. The van der Waals surface area contributed by atoms with Gasteiger partial charge < -0.3 is 20.9 Å². The van der Waals surface area contributed by atoms with E-state index in [9.17, 15) is 14.4 Å². The molecule has 5 aromatic rings. The lowest BCUT2D eigenvalue weighted by atomic mass is 10.1. The van der Waals surface area contributed by atoms with Crippen LogP contribution in [0.15, 0.2) is 149 Å². The van der Waals surface area contributed by atoms with Crippen molar-refractivity contribution >= 4 is 68.6 Å². The number of benzene rings is 5. The molecule has 0 fully saturated rings. The van der Waals surface area contributed by atoms with Gasteiger partial charge in [-0.1, -0.05) is 72.8 Å². The van der Waals surface area contributed by atoms with Crippen molar-refractivity contribution in [2.75, 3.05) is 29.6 Å². The molecular formula is C38H33BrN4O3S. The maximum Gasteiger partial charge on any atom is 0.272 e. The van der Waals surface area contributed by atoms with Crippen LogP contribution in [0.25, 0.3) is 6.08 Å². The molecule has 9 heteroatoms. The van der Waals surface area contributed by atoms with Crippen molar-refractivity contribution in [2.45, 2.75) is 10.1 Å². The number of halogens is 1. The highest BCUT2D eigenvalue weighted by Crippen LogP contribution is 2.37. The molecule has 0 spiro atoms. The average molecular weight is 706 g/mol. The van der Waals surface area contributed by atoms with Crippen LogP contribution < -0.4 is 20.9 Å². The molecule has 5 aromatic carbocycles. The van der Waals surface area contributed by atoms with Crippen molar-refractivity contribution in [1.29, 1.82) is 0 Å². The van der Waals surface area contributed by atoms with Gasteiger partial charge in [0.15, 0.2) is 0 Å². The quantitative estimate of drug-likeness (QED) is 0.0949. The van der Waals surface area contributed by atoms with E-state index in [1.165, 1.54) is 11.8 Å². The maximum atomic E-state index is 13.5. The second-order valence-corrected chi connectivity index (χ2v) is 12.8. The van der Waals surface area contributed by atoms with Crippen LogP contribution in [0.4, 0.5) is 17.1 Å². The van der Waals surface area contributed by atoms with Gasteiger partial charge in [-0.15, -0.1) is 11.8 Å². The molecule has 47 heavy (non-hydrogen) atoms. The fourth-order valence-electron chi connectivity index (χ4n) is 4.59. The summed E-state index contributed by atoms with van der Waals surface area (Å²) in [5, 5.41) is 8.18. The highest BCUT2D eigenvalue weighted by Gasteiger charge is 2.23. The number of anilines is 3. The molecule has 0 radical (unpaired) electrons. The molecule has 1 atom stereocenters. The van der Waals surface area contributed by atoms with Crippen LogP contribution in [0.3, 0.4) is 0 Å². The van der Waals surface area contributed by atoms with E-state index in [1.807, 2.05) is 116 Å². The van der Waals surface area contributed by atoms with Gasteiger partial charge in [-0.2, -0.15) is 0 Å². The Morgan fingerprint density at radius 3 is 1.98 bits per heavy atom. The van der Waals surface area contributed by atoms with Crippen molar-refractivity contribution in [3.05, 3.63) is 160 Å². The molecular weight excluding hydrogens is 672 g/mol. The smallest absolute Gasteiger partial charge is 0.272 e. The largest absolute Gasteiger partial charge is 0.378 e. The number of nitrogens with zero attached hydrogens (tertiary/aromatic N) is 1. The molecule has 3 amide bonds. The first kappa shape index (κ1) is 33.2. The van der Waals surface area contributed by atoms with Crippen molar-refractivity contribution in [3.63, 3.8) is 0 Å². The van der Waals surface area contributed by atoms with Gasteiger partial charge in [0.05, 0.1) is 5.69 Å². The number of hydrogen-bond acceptors (Lipinski definition) is 5. The summed E-state index contributed by atoms with van der Waals surface area (Å²) in [4.78, 5) is 42.9. The average Bonchev–Trinajstić information content (AvgIpc) is 3.09. The summed E-state index contributed by atoms with van der Waals surface area (Å²) in [7, 11) is 3.90. The zero-order valence-electron chi connectivity index (χ0n) is 25.8. The van der Waals surface area contributed by atoms with Crippen LogP contribution in [0.2, 0.25) is 0 Å². The Labute approximate surface area is 287 Å². The Hall–Kier alpha value is -5.12. The number of thioether (sulfide) groups is 1. The number of amides is 3. The summed E-state index contributed by atoms with van der Waals surface area (Å²) in [6.07, 6.45) is 1.65. The minimum absolute atomic E-state index is 0.0998. The first-order valence-corrected chi connectivity index (χ1v) is 16.5. The third kappa shape index (κ3) is 9.22. The Morgan fingerprint density at radius 1 is 0.723 bits per heavy atom. The van der Waals surface area contributed by atoms with Gasteiger partial charge in [0.1, 0.15) is 10.9 Å². The standard InChI is InChI=1S/C38H33BrN4O3S/c1-43(2)30-21-17-26(18-22-30)25-34(42-36(44)28-13-7-4-8-14-28)37(45)40-29-19-23-31(24-20-29)47-35(27-11-5-3-6-12-27)38(46)41-33-16-10-9-15-32(33)39/h3-25,35H,1-2H3,(H,40,45)(H,41,46)(H,42,44)/b34-25-. The molecule has 0 saturated carbocycles. The molecule has 3 N–H and O–H groups in total. The lowest BCUT2D eigenvalue weighted by Crippen LogP contribution is -2.30. The van der Waals surface area contributed by atoms with E-state index >= 15 is 0 Å². The molecule has 0 heterocycles. The van der Waals surface area contributed by atoms with Gasteiger partial charge >= 0.3 is 0 Å². The van der Waals surface area contributed by atoms with E-state index in [2.05, 4.69) is 31.9 Å². The van der Waals surface area contributed by atoms with Crippen LogP contribution in [0.1, 0.15) is 26.7 Å². The number of carbonyl (C=O) groups is 3. The Kier molecular flexibility index (Phi) is 11.3. The van der Waals surface area contributed by atoms with Gasteiger partial charge in [0.25, 0.3) is 11.8 Å². The summed E-state index contributed by atoms with van der Waals surface area (Å²) in [5.74, 6) is -1.02. The molecule has 0 aliphatic rings. The van der Waals surface area contributed by atoms with Crippen LogP contribution >= 0.6 is 27.7 Å². The third-order valence-corrected chi connectivity index (χ3v) is 9.05. The zero-order chi connectivity index (χ0) is 33.2. The van der Waals surface area contributed by atoms with Crippen LogP contribution in [-0.2, 0) is 9.59 Å². The first-order chi connectivity index (χ1) is 22.8. The molecule has 7 nitrogen and oxygen atoms in total. The minimum Gasteiger partial charge on any atom is -0.378 e. The molecule has 1 unspecified atom stereocenters. The zero-order valence-corrected chi connectivity index (χ0v) is 28.2. The van der Waals surface area contributed by atoms with E-state index in [0.29, 0.717) is 16.9 Å². The van der Waals surface area contributed by atoms with E-state index in [-0.39, 0.29) is 11.6 Å². The number of carbonyl (C=O) groups excluding carboxylic acids is 3. The Morgan fingerprint density at radius 2 is 1.34 bits per heavy atom. The first-order valence-electron chi connectivity index (χ1n) is 14.8. The van der Waals surface area contributed by atoms with Crippen molar-refractivity contribution in [2.24, 2.45) is 0 Å². The summed E-state index contributed by atoms with van der Waals surface area (Å²) in [6.45, 7) is 0. The van der Waals surface area contributed by atoms with Crippen LogP contribution in [0, 0.1) is 0 Å². The predicted molar refractivity (Wildman–Crippen MR) is 196 cm³/mol. The predicted octanol–water partition coefficient (Wildman–Crippen LogP) is 8.40. The summed E-state index contributed by atoms with van der Waals surface area (Å²) in [5.41, 5.74) is 4.40. The molecule has 0 aliphatic carbocycles. The number of para-hydroxylation sites is 1. The second-order valence-electron chi connectivity index (χ2n) is 10.7. The number of nitrogens with one attached hydrogen (secondary N) is 3. The topological polar surface area (TPSA) is 90.5 Å². The third-order valence-electron chi connectivity index (χ3n) is 7.09. The van der Waals surface area contributed by atoms with Gasteiger partial charge in [-0.3, -0.25) is 14.4 Å². The molecule has 0 aliphatic heterocycles. The van der Waals surface area contributed by atoms with Crippen LogP contribution in [0.5, 0.6) is 0 Å². The van der Waals surface area contributed by atoms with Crippen molar-refractivity contribution in [3.8, 4) is 0 Å². The van der Waals surface area contributed by atoms with E-state index in [0.717, 1.165) is 26.2 Å². The van der Waals surface area contributed by atoms with E-state index < -0.39 is 17.1 Å². The highest BCUT2D eigenvalue weighted by molar-refractivity contribution is 9.10. The van der Waals surface area contributed by atoms with E-state index in [1.54, 1.807) is 42.5 Å². The fraction of sp³-hybridized carbons (Fsp3) is 0.0789. The Bertz CT molecular complexity index is 1860. The van der Waals surface area contributed by atoms with Gasteiger partial charge in [0.2, 0.25) is 5.91 Å².